The Hall–Kier alpha value is -1.47. The number of piperidine rings is 1. The van der Waals surface area contributed by atoms with Crippen LogP contribution in [0.1, 0.15) is 25.0 Å². The van der Waals surface area contributed by atoms with E-state index in [1.54, 1.807) is 6.20 Å². The van der Waals surface area contributed by atoms with Crippen LogP contribution >= 0.6 is 0 Å². The largest absolute Gasteiger partial charge is 0.353 e. The van der Waals surface area contributed by atoms with Crippen molar-refractivity contribution in [2.75, 3.05) is 24.6 Å². The molecule has 1 N–H and O–H groups in total. The summed E-state index contributed by atoms with van der Waals surface area (Å²) in [5, 5.41) is 3.04. The molecular weight excluding hydrogens is 314 g/mol. The van der Waals surface area contributed by atoms with Crippen molar-refractivity contribution in [2.45, 2.75) is 31.8 Å². The Kier molecular flexibility index (Phi) is 4.96. The number of carbonyl (C=O) groups is 1. The van der Waals surface area contributed by atoms with Crippen LogP contribution in [0, 0.1) is 5.92 Å². The van der Waals surface area contributed by atoms with Crippen molar-refractivity contribution < 1.29 is 13.2 Å². The SMILES string of the molecule is O=C(NC1CCN(Cc2ccccn2)CC1)[C@@H]1CCS(=O)(=O)C1. The van der Waals surface area contributed by atoms with E-state index in [1.807, 2.05) is 18.2 Å². The summed E-state index contributed by atoms with van der Waals surface area (Å²) in [7, 11) is -3.00. The minimum Gasteiger partial charge on any atom is -0.353 e. The van der Waals surface area contributed by atoms with Gasteiger partial charge in [0.15, 0.2) is 9.84 Å². The van der Waals surface area contributed by atoms with Crippen LogP contribution in [0.4, 0.5) is 0 Å². The van der Waals surface area contributed by atoms with E-state index in [2.05, 4.69) is 15.2 Å². The molecule has 1 aromatic rings. The second-order valence-corrected chi connectivity index (χ2v) is 8.71. The Morgan fingerprint density at radius 1 is 1.26 bits per heavy atom. The number of aromatic nitrogens is 1. The Morgan fingerprint density at radius 3 is 2.65 bits per heavy atom. The molecule has 0 aromatic carbocycles. The van der Waals surface area contributed by atoms with Crippen LogP contribution in [0.15, 0.2) is 24.4 Å². The molecule has 2 saturated heterocycles. The average Bonchev–Trinajstić information content (AvgIpc) is 2.90. The molecule has 1 aromatic heterocycles. The van der Waals surface area contributed by atoms with E-state index in [-0.39, 0.29) is 29.4 Å². The van der Waals surface area contributed by atoms with Gasteiger partial charge in [0, 0.05) is 31.9 Å². The predicted octanol–water partition coefficient (Wildman–Crippen LogP) is 0.597. The number of pyridine rings is 1. The minimum atomic E-state index is -3.00. The van der Waals surface area contributed by atoms with Crippen LogP contribution < -0.4 is 5.32 Å². The summed E-state index contributed by atoms with van der Waals surface area (Å²) in [5.41, 5.74) is 1.06. The van der Waals surface area contributed by atoms with Gasteiger partial charge in [0.1, 0.15) is 0 Å². The lowest BCUT2D eigenvalue weighted by Crippen LogP contribution is -2.46. The first-order chi connectivity index (χ1) is 11.0. The fraction of sp³-hybridized carbons (Fsp3) is 0.625. The fourth-order valence-electron chi connectivity index (χ4n) is 3.28. The lowest BCUT2D eigenvalue weighted by Gasteiger charge is -2.32. The number of sulfone groups is 1. The molecule has 6 nitrogen and oxygen atoms in total. The number of amides is 1. The van der Waals surface area contributed by atoms with Crippen LogP contribution in [-0.4, -0.2) is 54.8 Å². The number of carbonyl (C=O) groups excluding carboxylic acids is 1. The zero-order valence-corrected chi connectivity index (χ0v) is 14.0. The van der Waals surface area contributed by atoms with Gasteiger partial charge in [-0.05, 0) is 31.4 Å². The van der Waals surface area contributed by atoms with Gasteiger partial charge >= 0.3 is 0 Å². The smallest absolute Gasteiger partial charge is 0.224 e. The van der Waals surface area contributed by atoms with Crippen LogP contribution in [0.3, 0.4) is 0 Å². The predicted molar refractivity (Wildman–Crippen MR) is 87.4 cm³/mol. The lowest BCUT2D eigenvalue weighted by molar-refractivity contribution is -0.125. The fourth-order valence-corrected chi connectivity index (χ4v) is 5.02. The molecule has 0 bridgehead atoms. The summed E-state index contributed by atoms with van der Waals surface area (Å²) in [6, 6.07) is 6.08. The Bertz CT molecular complexity index is 640. The summed E-state index contributed by atoms with van der Waals surface area (Å²) in [6.45, 7) is 2.68. The number of nitrogens with one attached hydrogen (secondary N) is 1. The van der Waals surface area contributed by atoms with Gasteiger partial charge in [-0.1, -0.05) is 6.07 Å². The number of nitrogens with zero attached hydrogens (tertiary/aromatic N) is 2. The third-order valence-electron chi connectivity index (χ3n) is 4.65. The molecule has 0 saturated carbocycles. The molecule has 0 unspecified atom stereocenters. The Morgan fingerprint density at radius 2 is 2.04 bits per heavy atom. The minimum absolute atomic E-state index is 0.0113. The van der Waals surface area contributed by atoms with E-state index in [0.29, 0.717) is 6.42 Å². The first-order valence-electron chi connectivity index (χ1n) is 8.15. The molecule has 1 amide bonds. The number of hydrogen-bond donors (Lipinski definition) is 1. The van der Waals surface area contributed by atoms with Gasteiger partial charge in [-0.3, -0.25) is 14.7 Å². The first kappa shape index (κ1) is 16.4. The highest BCUT2D eigenvalue weighted by Gasteiger charge is 2.34. The first-order valence-corrected chi connectivity index (χ1v) is 9.97. The third kappa shape index (κ3) is 4.51. The zero-order chi connectivity index (χ0) is 16.3. The summed E-state index contributed by atoms with van der Waals surface area (Å²) in [5.74, 6) is -0.286. The van der Waals surface area contributed by atoms with Crippen LogP contribution in [0.2, 0.25) is 0 Å². The standard InChI is InChI=1S/C16H23N3O3S/c20-16(13-6-10-23(21,22)12-13)18-14-4-8-19(9-5-14)11-15-3-1-2-7-17-15/h1-3,7,13-14H,4-6,8-12H2,(H,18,20)/t13-/m1/s1. The molecule has 0 spiro atoms. The average molecular weight is 337 g/mol. The van der Waals surface area contributed by atoms with E-state index >= 15 is 0 Å². The normalized spacial score (nSPS) is 25.3. The molecule has 2 fully saturated rings. The summed E-state index contributed by atoms with van der Waals surface area (Å²) in [4.78, 5) is 18.9. The quantitative estimate of drug-likeness (QED) is 0.870. The maximum absolute atomic E-state index is 12.2. The molecule has 2 aliphatic rings. The molecule has 7 heteroatoms. The van der Waals surface area contributed by atoms with Crippen molar-refractivity contribution in [3.8, 4) is 0 Å². The molecule has 1 atom stereocenters. The van der Waals surface area contributed by atoms with Crippen LogP contribution in [0.25, 0.3) is 0 Å². The molecule has 0 radical (unpaired) electrons. The van der Waals surface area contributed by atoms with Crippen molar-refractivity contribution in [1.29, 1.82) is 0 Å². The van der Waals surface area contributed by atoms with Crippen molar-refractivity contribution in [2.24, 2.45) is 5.92 Å². The summed E-state index contributed by atoms with van der Waals surface area (Å²) < 4.78 is 22.9. The summed E-state index contributed by atoms with van der Waals surface area (Å²) in [6.07, 6.45) is 4.07. The Labute approximate surface area is 137 Å². The third-order valence-corrected chi connectivity index (χ3v) is 6.42. The number of likely N-dealkylation sites (tertiary alicyclic amines) is 1. The van der Waals surface area contributed by atoms with Crippen molar-refractivity contribution >= 4 is 15.7 Å². The van der Waals surface area contributed by atoms with Gasteiger partial charge in [0.05, 0.1) is 23.1 Å². The van der Waals surface area contributed by atoms with Crippen LogP contribution in [0.5, 0.6) is 0 Å². The lowest BCUT2D eigenvalue weighted by atomic mass is 10.0. The van der Waals surface area contributed by atoms with E-state index in [9.17, 15) is 13.2 Å². The molecule has 0 aliphatic carbocycles. The summed E-state index contributed by atoms with van der Waals surface area (Å²) >= 11 is 0. The highest BCUT2D eigenvalue weighted by Crippen LogP contribution is 2.20. The van der Waals surface area contributed by atoms with Gasteiger partial charge < -0.3 is 5.32 Å². The van der Waals surface area contributed by atoms with Gasteiger partial charge in [0.2, 0.25) is 5.91 Å². The van der Waals surface area contributed by atoms with Crippen molar-refractivity contribution in [3.63, 3.8) is 0 Å². The molecule has 2 aliphatic heterocycles. The van der Waals surface area contributed by atoms with Crippen molar-refractivity contribution in [1.82, 2.24) is 15.2 Å². The monoisotopic (exact) mass is 337 g/mol. The van der Waals surface area contributed by atoms with E-state index in [0.717, 1.165) is 38.2 Å². The zero-order valence-electron chi connectivity index (χ0n) is 13.1. The number of hydrogen-bond acceptors (Lipinski definition) is 5. The topological polar surface area (TPSA) is 79.4 Å². The second kappa shape index (κ2) is 6.97. The van der Waals surface area contributed by atoms with Gasteiger partial charge in [-0.15, -0.1) is 0 Å². The van der Waals surface area contributed by atoms with E-state index in [4.69, 9.17) is 0 Å². The number of rotatable bonds is 4. The van der Waals surface area contributed by atoms with Gasteiger partial charge in [-0.25, -0.2) is 8.42 Å². The van der Waals surface area contributed by atoms with Gasteiger partial charge in [-0.2, -0.15) is 0 Å². The molecule has 23 heavy (non-hydrogen) atoms. The highest BCUT2D eigenvalue weighted by molar-refractivity contribution is 7.91. The molecule has 3 heterocycles. The maximum Gasteiger partial charge on any atom is 0.224 e. The van der Waals surface area contributed by atoms with E-state index in [1.165, 1.54) is 0 Å². The highest BCUT2D eigenvalue weighted by atomic mass is 32.2. The molecule has 126 valence electrons. The van der Waals surface area contributed by atoms with E-state index < -0.39 is 9.84 Å². The maximum atomic E-state index is 12.2. The second-order valence-electron chi connectivity index (χ2n) is 6.48. The molecular formula is C16H23N3O3S. The molecule has 3 rings (SSSR count). The Balaban J connectivity index is 1.43. The van der Waals surface area contributed by atoms with Crippen LogP contribution in [-0.2, 0) is 21.2 Å². The van der Waals surface area contributed by atoms with Gasteiger partial charge in [0.25, 0.3) is 0 Å². The van der Waals surface area contributed by atoms with Crippen molar-refractivity contribution in [3.05, 3.63) is 30.1 Å².